The summed E-state index contributed by atoms with van der Waals surface area (Å²) in [6.07, 6.45) is 1.69. The zero-order valence-corrected chi connectivity index (χ0v) is 26.7. The molecule has 0 unspecified atom stereocenters. The fraction of sp³-hybridized carbons (Fsp3) is 0.243. The second kappa shape index (κ2) is 11.5. The summed E-state index contributed by atoms with van der Waals surface area (Å²) in [7, 11) is -6.68. The van der Waals surface area contributed by atoms with Crippen molar-refractivity contribution in [2.75, 3.05) is 38.8 Å². The van der Waals surface area contributed by atoms with Crippen LogP contribution in [-0.4, -0.2) is 38.8 Å². The van der Waals surface area contributed by atoms with E-state index in [-0.39, 0.29) is 38.8 Å². The van der Waals surface area contributed by atoms with Crippen LogP contribution in [0.2, 0.25) is 0 Å². The van der Waals surface area contributed by atoms with E-state index in [4.69, 9.17) is 18.1 Å². The lowest BCUT2D eigenvalue weighted by Gasteiger charge is -2.43. The van der Waals surface area contributed by atoms with Crippen molar-refractivity contribution in [2.24, 2.45) is 5.41 Å². The second-order valence-corrected chi connectivity index (χ2v) is 16.7. The third-order valence-corrected chi connectivity index (χ3v) is 12.9. The van der Waals surface area contributed by atoms with Crippen LogP contribution in [0, 0.1) is 5.41 Å². The monoisotopic (exact) mass is 636 g/mol. The van der Waals surface area contributed by atoms with Gasteiger partial charge in [0.25, 0.3) is 0 Å². The van der Waals surface area contributed by atoms with Crippen molar-refractivity contribution in [3.05, 3.63) is 120 Å². The Kier molecular flexibility index (Phi) is 7.42. The number of hydrogen-bond donors (Lipinski definition) is 0. The normalized spacial score (nSPS) is 25.4. The van der Waals surface area contributed by atoms with Gasteiger partial charge in [0, 0.05) is 0 Å². The molecule has 45 heavy (non-hydrogen) atoms. The van der Waals surface area contributed by atoms with Crippen LogP contribution in [0.1, 0.15) is 11.1 Å². The van der Waals surface area contributed by atoms with Gasteiger partial charge in [0.1, 0.15) is 0 Å². The first-order valence-corrected chi connectivity index (χ1v) is 18.9. The molecule has 0 bridgehead atoms. The van der Waals surface area contributed by atoms with Gasteiger partial charge in [-0.1, -0.05) is 97.1 Å². The lowest BCUT2D eigenvalue weighted by atomic mass is 9.93. The summed E-state index contributed by atoms with van der Waals surface area (Å²) in [6.45, 7) is 0.700. The van der Waals surface area contributed by atoms with Crippen molar-refractivity contribution >= 4 is 58.3 Å². The molecule has 6 nitrogen and oxygen atoms in total. The molecule has 2 aliphatic heterocycles. The first kappa shape index (κ1) is 29.1. The highest BCUT2D eigenvalue weighted by molar-refractivity contribution is 7.54. The molecule has 8 rings (SSSR count). The van der Waals surface area contributed by atoms with Crippen LogP contribution in [0.15, 0.2) is 109 Å². The molecule has 2 aliphatic rings. The zero-order valence-electron chi connectivity index (χ0n) is 24.9. The number of hydrogen-bond acceptors (Lipinski definition) is 6. The van der Waals surface area contributed by atoms with Gasteiger partial charge in [0.2, 0.25) is 0 Å². The molecule has 0 aliphatic carbocycles. The van der Waals surface area contributed by atoms with E-state index in [1.54, 1.807) is 0 Å². The van der Waals surface area contributed by atoms with Crippen molar-refractivity contribution < 1.29 is 27.2 Å². The van der Waals surface area contributed by atoms with Gasteiger partial charge in [0.05, 0.1) is 44.2 Å². The van der Waals surface area contributed by atoms with Crippen molar-refractivity contribution in [1.29, 1.82) is 0 Å². The third-order valence-electron chi connectivity index (χ3n) is 9.31. The Labute approximate surface area is 262 Å². The number of aryl methyl sites for hydroxylation is 2. The Morgan fingerprint density at radius 2 is 0.756 bits per heavy atom. The Morgan fingerprint density at radius 1 is 0.467 bits per heavy atom. The highest BCUT2D eigenvalue weighted by Crippen LogP contribution is 2.59. The second-order valence-electron chi connectivity index (χ2n) is 12.4. The molecule has 0 aromatic heterocycles. The smallest absolute Gasteiger partial charge is 0.308 e. The Bertz CT molecular complexity index is 1890. The molecule has 228 valence electrons. The minimum absolute atomic E-state index is 0.175. The SMILES string of the molecule is O=P1(CCc2c3ccccc3cc3ccccc23)OCC2(CO1)COP(=O)(CCc1c3ccccc3cc3ccccc13)OC2. The minimum Gasteiger partial charge on any atom is -0.308 e. The van der Waals surface area contributed by atoms with Gasteiger partial charge >= 0.3 is 15.2 Å². The quantitative estimate of drug-likeness (QED) is 0.134. The summed E-state index contributed by atoms with van der Waals surface area (Å²) >= 11 is 0. The van der Waals surface area contributed by atoms with Gasteiger partial charge in [-0.25, -0.2) is 0 Å². The molecule has 0 radical (unpaired) electrons. The first-order chi connectivity index (χ1) is 21.9. The van der Waals surface area contributed by atoms with Gasteiger partial charge in [-0.05, 0) is 79.2 Å². The molecule has 2 heterocycles. The Morgan fingerprint density at radius 3 is 1.07 bits per heavy atom. The van der Waals surface area contributed by atoms with E-state index in [9.17, 15) is 9.13 Å². The summed E-state index contributed by atoms with van der Waals surface area (Å²) in [5.74, 6) is 0. The van der Waals surface area contributed by atoms with E-state index in [1.807, 2.05) is 48.5 Å². The maximum Gasteiger partial charge on any atom is 0.331 e. The van der Waals surface area contributed by atoms with Gasteiger partial charge in [-0.2, -0.15) is 0 Å². The molecule has 0 amide bonds. The fourth-order valence-corrected chi connectivity index (χ4v) is 10.3. The number of benzene rings is 6. The molecule has 2 saturated heterocycles. The molecule has 0 saturated carbocycles. The van der Waals surface area contributed by atoms with Crippen LogP contribution in [0.25, 0.3) is 43.1 Å². The van der Waals surface area contributed by atoms with Crippen LogP contribution >= 0.6 is 15.2 Å². The predicted molar refractivity (Wildman–Crippen MR) is 182 cm³/mol. The predicted octanol–water partition coefficient (Wildman–Crippen LogP) is 9.55. The van der Waals surface area contributed by atoms with Crippen LogP contribution in [0.5, 0.6) is 0 Å². The summed E-state index contributed by atoms with van der Waals surface area (Å²) < 4.78 is 51.4. The number of fused-ring (bicyclic) bond motifs is 4. The third kappa shape index (κ3) is 5.55. The van der Waals surface area contributed by atoms with Gasteiger partial charge in [-0.3, -0.25) is 9.13 Å². The maximum atomic E-state index is 13.7. The van der Waals surface area contributed by atoms with E-state index >= 15 is 0 Å². The first-order valence-electron chi connectivity index (χ1n) is 15.5. The topological polar surface area (TPSA) is 71.1 Å². The molecule has 1 spiro atoms. The summed E-state index contributed by atoms with van der Waals surface area (Å²) in [5.41, 5.74) is 1.66. The van der Waals surface area contributed by atoms with Crippen molar-refractivity contribution in [3.8, 4) is 0 Å². The summed E-state index contributed by atoms with van der Waals surface area (Å²) in [4.78, 5) is 0. The van der Waals surface area contributed by atoms with Gasteiger partial charge in [-0.15, -0.1) is 0 Å². The van der Waals surface area contributed by atoms with Crippen LogP contribution in [0.3, 0.4) is 0 Å². The van der Waals surface area contributed by atoms with Crippen LogP contribution in [0.4, 0.5) is 0 Å². The van der Waals surface area contributed by atoms with Gasteiger partial charge in [0.15, 0.2) is 0 Å². The van der Waals surface area contributed by atoms with E-state index < -0.39 is 20.6 Å². The average Bonchev–Trinajstić information content (AvgIpc) is 3.08. The molecule has 0 N–H and O–H groups in total. The zero-order chi connectivity index (χ0) is 30.5. The maximum absolute atomic E-state index is 13.7. The lowest BCUT2D eigenvalue weighted by molar-refractivity contribution is -0.0683. The molecule has 0 atom stereocenters. The highest BCUT2D eigenvalue weighted by Gasteiger charge is 2.48. The van der Waals surface area contributed by atoms with Crippen molar-refractivity contribution in [3.63, 3.8) is 0 Å². The average molecular weight is 637 g/mol. The van der Waals surface area contributed by atoms with Crippen molar-refractivity contribution in [2.45, 2.75) is 12.8 Å². The number of rotatable bonds is 6. The Hall–Kier alpha value is -3.34. The summed E-state index contributed by atoms with van der Waals surface area (Å²) in [6, 6.07) is 37.6. The molecule has 6 aromatic carbocycles. The lowest BCUT2D eigenvalue weighted by Crippen LogP contribution is -2.46. The Balaban J connectivity index is 0.933. The molecular formula is C37H34O6P2. The largest absolute Gasteiger partial charge is 0.331 e. The molecule has 2 fully saturated rings. The van der Waals surface area contributed by atoms with E-state index in [2.05, 4.69) is 60.7 Å². The summed E-state index contributed by atoms with van der Waals surface area (Å²) in [5, 5.41) is 9.23. The van der Waals surface area contributed by atoms with Crippen molar-refractivity contribution in [1.82, 2.24) is 0 Å². The fourth-order valence-electron chi connectivity index (χ4n) is 6.78. The van der Waals surface area contributed by atoms with E-state index in [0.29, 0.717) is 12.8 Å². The van der Waals surface area contributed by atoms with Gasteiger partial charge < -0.3 is 18.1 Å². The van der Waals surface area contributed by atoms with Crippen LogP contribution in [-0.2, 0) is 40.1 Å². The van der Waals surface area contributed by atoms with E-state index in [1.165, 1.54) is 0 Å². The highest BCUT2D eigenvalue weighted by atomic mass is 31.2. The minimum atomic E-state index is -3.34. The standard InChI is InChI=1S/C37H34O6P2/c38-44(19-17-35-31-13-5-1-9-27(31)21-28-10-2-6-14-32(28)35)40-23-37(24-41-44)25-42-45(39,43-26-37)20-18-36-33-15-7-3-11-29(33)22-30-12-4-8-16-34(30)36/h1-16,21-22H,17-20,23-26H2. The molecular weight excluding hydrogens is 602 g/mol. The molecule has 8 heteroatoms. The van der Waals surface area contributed by atoms with E-state index in [0.717, 1.165) is 54.2 Å². The molecule has 6 aromatic rings. The van der Waals surface area contributed by atoms with Crippen LogP contribution < -0.4 is 0 Å².